The number of likely N-dealkylation sites (tertiary alicyclic amines) is 1. The zero-order valence-electron chi connectivity index (χ0n) is 9.53. The highest BCUT2D eigenvalue weighted by molar-refractivity contribution is 9.10. The first-order chi connectivity index (χ1) is 7.83. The number of rotatable bonds is 3. The fraction of sp³-hybridized carbons (Fsp3) is 0.571. The van der Waals surface area contributed by atoms with Gasteiger partial charge in [0.05, 0.1) is 0 Å². The molecule has 1 aromatic rings. The second-order valence-electron chi connectivity index (χ2n) is 5.16. The maximum atomic E-state index is 3.49. The van der Waals surface area contributed by atoms with Gasteiger partial charge in [-0.1, -0.05) is 28.1 Å². The zero-order valence-corrected chi connectivity index (χ0v) is 11.1. The predicted molar refractivity (Wildman–Crippen MR) is 70.7 cm³/mol. The maximum Gasteiger partial charge on any atom is 0.0175 e. The highest BCUT2D eigenvalue weighted by Gasteiger charge is 2.39. The summed E-state index contributed by atoms with van der Waals surface area (Å²) in [7, 11) is 0. The van der Waals surface area contributed by atoms with E-state index >= 15 is 0 Å². The van der Waals surface area contributed by atoms with Crippen molar-refractivity contribution in [1.29, 1.82) is 0 Å². The Bertz CT molecular complexity index is 354. The summed E-state index contributed by atoms with van der Waals surface area (Å²) in [5, 5.41) is 0. The van der Waals surface area contributed by atoms with E-state index in [0.717, 1.165) is 11.8 Å². The smallest absolute Gasteiger partial charge is 0.0175 e. The number of hydrogen-bond acceptors (Lipinski definition) is 1. The summed E-state index contributed by atoms with van der Waals surface area (Å²) in [4.78, 5) is 2.64. The van der Waals surface area contributed by atoms with E-state index in [1.165, 1.54) is 48.9 Å². The Kier molecular flexibility index (Phi) is 3.03. The van der Waals surface area contributed by atoms with Gasteiger partial charge >= 0.3 is 0 Å². The van der Waals surface area contributed by atoms with Crippen molar-refractivity contribution in [1.82, 2.24) is 4.90 Å². The predicted octanol–water partition coefficient (Wildman–Crippen LogP) is 3.65. The molecule has 1 aliphatic carbocycles. The first-order valence-electron chi connectivity index (χ1n) is 6.31. The average molecular weight is 280 g/mol. The third-order valence-electron chi connectivity index (χ3n) is 3.91. The van der Waals surface area contributed by atoms with Crippen LogP contribution in [0, 0.1) is 5.92 Å². The van der Waals surface area contributed by atoms with Crippen LogP contribution in [-0.4, -0.2) is 24.5 Å². The van der Waals surface area contributed by atoms with Crippen LogP contribution in [0.25, 0.3) is 0 Å². The number of halogens is 1. The van der Waals surface area contributed by atoms with Gasteiger partial charge in [0.2, 0.25) is 0 Å². The van der Waals surface area contributed by atoms with Crippen molar-refractivity contribution < 1.29 is 0 Å². The van der Waals surface area contributed by atoms with Gasteiger partial charge in [0.25, 0.3) is 0 Å². The van der Waals surface area contributed by atoms with Crippen molar-refractivity contribution in [3.05, 3.63) is 34.3 Å². The molecule has 3 rings (SSSR count). The molecule has 86 valence electrons. The monoisotopic (exact) mass is 279 g/mol. The fourth-order valence-electron chi connectivity index (χ4n) is 2.86. The Hall–Kier alpha value is -0.340. The summed E-state index contributed by atoms with van der Waals surface area (Å²) in [6.45, 7) is 4.01. The van der Waals surface area contributed by atoms with Crippen molar-refractivity contribution in [3.8, 4) is 0 Å². The standard InChI is InChI=1S/C14H18BrN/c15-13-5-3-11(4-6-13)14-9-12(14)10-16-7-1-2-8-16/h3-6,12,14H,1-2,7-10H2/t12-,14+/m1/s1. The molecule has 0 aromatic heterocycles. The van der Waals surface area contributed by atoms with Gasteiger partial charge in [-0.25, -0.2) is 0 Å². The Morgan fingerprint density at radius 2 is 1.81 bits per heavy atom. The molecule has 1 saturated heterocycles. The molecular weight excluding hydrogens is 262 g/mol. The summed E-state index contributed by atoms with van der Waals surface area (Å²) in [6, 6.07) is 8.89. The molecule has 2 heteroatoms. The third-order valence-corrected chi connectivity index (χ3v) is 4.44. The molecule has 0 bridgehead atoms. The number of nitrogens with zero attached hydrogens (tertiary/aromatic N) is 1. The molecule has 16 heavy (non-hydrogen) atoms. The van der Waals surface area contributed by atoms with Gasteiger partial charge in [0, 0.05) is 11.0 Å². The van der Waals surface area contributed by atoms with Gasteiger partial charge in [-0.15, -0.1) is 0 Å². The van der Waals surface area contributed by atoms with E-state index in [2.05, 4.69) is 45.1 Å². The van der Waals surface area contributed by atoms with Gasteiger partial charge in [0.1, 0.15) is 0 Å². The minimum absolute atomic E-state index is 0.841. The molecule has 0 spiro atoms. The molecular formula is C14H18BrN. The third kappa shape index (κ3) is 2.33. The van der Waals surface area contributed by atoms with Crippen LogP contribution in [0.1, 0.15) is 30.7 Å². The Morgan fingerprint density at radius 1 is 1.12 bits per heavy atom. The van der Waals surface area contributed by atoms with Crippen molar-refractivity contribution in [2.24, 2.45) is 5.92 Å². The van der Waals surface area contributed by atoms with Gasteiger partial charge < -0.3 is 4.90 Å². The Morgan fingerprint density at radius 3 is 2.50 bits per heavy atom. The molecule has 0 amide bonds. The van der Waals surface area contributed by atoms with Crippen LogP contribution in [0.3, 0.4) is 0 Å². The second kappa shape index (κ2) is 4.50. The summed E-state index contributed by atoms with van der Waals surface area (Å²) in [5.41, 5.74) is 1.53. The zero-order chi connectivity index (χ0) is 11.0. The van der Waals surface area contributed by atoms with E-state index < -0.39 is 0 Å². The van der Waals surface area contributed by atoms with Crippen molar-refractivity contribution in [2.75, 3.05) is 19.6 Å². The molecule has 2 atom stereocenters. The molecule has 2 aliphatic rings. The lowest BCUT2D eigenvalue weighted by Gasteiger charge is -2.13. The highest BCUT2D eigenvalue weighted by Crippen LogP contribution is 2.48. The Balaban J connectivity index is 1.56. The van der Waals surface area contributed by atoms with Gasteiger partial charge in [-0.2, -0.15) is 0 Å². The molecule has 0 unspecified atom stereocenters. The number of benzene rings is 1. The molecule has 2 fully saturated rings. The Labute approximate surface area is 106 Å². The van der Waals surface area contributed by atoms with Gasteiger partial charge in [0.15, 0.2) is 0 Å². The van der Waals surface area contributed by atoms with E-state index in [0.29, 0.717) is 0 Å². The molecule has 0 radical (unpaired) electrons. The van der Waals surface area contributed by atoms with Crippen molar-refractivity contribution in [3.63, 3.8) is 0 Å². The summed E-state index contributed by atoms with van der Waals surface area (Å²) >= 11 is 3.49. The normalized spacial score (nSPS) is 29.6. The lowest BCUT2D eigenvalue weighted by Crippen LogP contribution is -2.22. The van der Waals surface area contributed by atoms with Crippen LogP contribution in [0.4, 0.5) is 0 Å². The van der Waals surface area contributed by atoms with E-state index in [9.17, 15) is 0 Å². The van der Waals surface area contributed by atoms with E-state index in [1.807, 2.05) is 0 Å². The first-order valence-corrected chi connectivity index (χ1v) is 7.10. The topological polar surface area (TPSA) is 3.24 Å². The van der Waals surface area contributed by atoms with Crippen LogP contribution in [0.5, 0.6) is 0 Å². The summed E-state index contributed by atoms with van der Waals surface area (Å²) < 4.78 is 1.19. The fourth-order valence-corrected chi connectivity index (χ4v) is 3.13. The maximum absolute atomic E-state index is 3.49. The van der Waals surface area contributed by atoms with E-state index in [-0.39, 0.29) is 0 Å². The summed E-state index contributed by atoms with van der Waals surface area (Å²) in [5.74, 6) is 1.77. The van der Waals surface area contributed by atoms with Crippen molar-refractivity contribution >= 4 is 15.9 Å². The van der Waals surface area contributed by atoms with Crippen molar-refractivity contribution in [2.45, 2.75) is 25.2 Å². The van der Waals surface area contributed by atoms with Crippen LogP contribution in [0.15, 0.2) is 28.7 Å². The minimum atomic E-state index is 0.841. The summed E-state index contributed by atoms with van der Waals surface area (Å²) in [6.07, 6.45) is 4.23. The van der Waals surface area contributed by atoms with Crippen LogP contribution in [0.2, 0.25) is 0 Å². The first kappa shape index (κ1) is 10.8. The van der Waals surface area contributed by atoms with E-state index in [1.54, 1.807) is 0 Å². The average Bonchev–Trinajstić information content (AvgIpc) is 2.85. The molecule has 1 heterocycles. The molecule has 1 nitrogen and oxygen atoms in total. The minimum Gasteiger partial charge on any atom is -0.303 e. The van der Waals surface area contributed by atoms with Gasteiger partial charge in [-0.3, -0.25) is 0 Å². The molecule has 1 aromatic carbocycles. The highest BCUT2D eigenvalue weighted by atomic mass is 79.9. The molecule has 1 aliphatic heterocycles. The van der Waals surface area contributed by atoms with Gasteiger partial charge in [-0.05, 0) is 61.9 Å². The second-order valence-corrected chi connectivity index (χ2v) is 6.08. The van der Waals surface area contributed by atoms with E-state index in [4.69, 9.17) is 0 Å². The largest absolute Gasteiger partial charge is 0.303 e. The lowest BCUT2D eigenvalue weighted by atomic mass is 10.1. The lowest BCUT2D eigenvalue weighted by molar-refractivity contribution is 0.322. The van der Waals surface area contributed by atoms with Crippen LogP contribution in [-0.2, 0) is 0 Å². The van der Waals surface area contributed by atoms with Crippen LogP contribution >= 0.6 is 15.9 Å². The SMILES string of the molecule is Brc1ccc([C@@H]2C[C@@H]2CN2CCCC2)cc1. The molecule has 1 saturated carbocycles. The molecule has 0 N–H and O–H groups in total. The quantitative estimate of drug-likeness (QED) is 0.817. The van der Waals surface area contributed by atoms with Crippen LogP contribution < -0.4 is 0 Å². The number of hydrogen-bond donors (Lipinski definition) is 0.